The Labute approximate surface area is 153 Å². The molecule has 2 N–H and O–H groups in total. The van der Waals surface area contributed by atoms with E-state index in [1.165, 1.54) is 12.1 Å². The van der Waals surface area contributed by atoms with Crippen LogP contribution in [0.5, 0.6) is 0 Å². The summed E-state index contributed by atoms with van der Waals surface area (Å²) in [5, 5.41) is 6.88. The zero-order valence-corrected chi connectivity index (χ0v) is 15.9. The molecule has 1 aliphatic rings. The predicted molar refractivity (Wildman–Crippen MR) is 102 cm³/mol. The highest BCUT2D eigenvalue weighted by molar-refractivity contribution is 7.89. The maximum Gasteiger partial charge on any atom is 0.276 e. The first-order valence-electron chi connectivity index (χ1n) is 8.20. The fraction of sp³-hybridized carbons (Fsp3) is 0.263. The molecule has 0 spiro atoms. The van der Waals surface area contributed by atoms with Gasteiger partial charge in [0.05, 0.1) is 16.0 Å². The van der Waals surface area contributed by atoms with Crippen LogP contribution in [0, 0.1) is 6.92 Å². The van der Waals surface area contributed by atoms with Gasteiger partial charge in [-0.15, -0.1) is 0 Å². The topological polar surface area (TPSA) is 87.6 Å². The summed E-state index contributed by atoms with van der Waals surface area (Å²) in [5.74, 6) is -0.0562. The van der Waals surface area contributed by atoms with Crippen molar-refractivity contribution in [3.63, 3.8) is 0 Å². The number of nitrogens with zero attached hydrogens (tertiary/aromatic N) is 1. The van der Waals surface area contributed by atoms with Crippen molar-refractivity contribution in [2.45, 2.75) is 38.0 Å². The molecule has 1 aliphatic heterocycles. The van der Waals surface area contributed by atoms with Crippen molar-refractivity contribution in [2.75, 3.05) is 5.32 Å². The Hall–Kier alpha value is -2.67. The smallest absolute Gasteiger partial charge is 0.276 e. The molecule has 1 amide bonds. The number of hydrogen-bond donors (Lipinski definition) is 2. The fourth-order valence-electron chi connectivity index (χ4n) is 2.76. The van der Waals surface area contributed by atoms with Crippen LogP contribution < -0.4 is 10.1 Å². The van der Waals surface area contributed by atoms with E-state index in [0.717, 1.165) is 22.4 Å². The molecule has 0 atom stereocenters. The highest BCUT2D eigenvalue weighted by Gasteiger charge is 2.38. The van der Waals surface area contributed by atoms with Gasteiger partial charge in [0.2, 0.25) is 5.91 Å². The van der Waals surface area contributed by atoms with Crippen LogP contribution in [0.15, 0.2) is 52.5 Å². The Bertz CT molecular complexity index is 1010. The normalized spacial score (nSPS) is 16.2. The first-order chi connectivity index (χ1) is 12.1. The number of benzene rings is 2. The van der Waals surface area contributed by atoms with Gasteiger partial charge in [0.1, 0.15) is 0 Å². The quantitative estimate of drug-likeness (QED) is 0.640. The second-order valence-corrected chi connectivity index (χ2v) is 8.61. The molecule has 7 heteroatoms. The molecule has 0 fully saturated rings. The molecule has 136 valence electrons. The molecule has 0 saturated heterocycles. The summed E-state index contributed by atoms with van der Waals surface area (Å²) in [6, 6.07) is 12.0. The van der Waals surface area contributed by atoms with Crippen LogP contribution in [-0.2, 0) is 20.2 Å². The number of carbonyl (C=O) groups excluding carboxylic acids is 1. The fourth-order valence-corrected chi connectivity index (χ4v) is 3.62. The summed E-state index contributed by atoms with van der Waals surface area (Å²) in [6.45, 7) is 7.31. The Morgan fingerprint density at radius 2 is 1.77 bits per heavy atom. The lowest BCUT2D eigenvalue weighted by atomic mass is 9.85. The van der Waals surface area contributed by atoms with Gasteiger partial charge in [-0.2, -0.15) is 18.4 Å². The molecule has 0 unspecified atom stereocenters. The van der Waals surface area contributed by atoms with Gasteiger partial charge in [0.15, 0.2) is 0 Å². The number of nitrogens with one attached hydrogen (secondary N) is 2. The van der Waals surface area contributed by atoms with E-state index in [4.69, 9.17) is 0 Å². The van der Waals surface area contributed by atoms with Gasteiger partial charge in [-0.05, 0) is 63.1 Å². The molecule has 0 radical (unpaired) electrons. The number of amides is 1. The highest BCUT2D eigenvalue weighted by Crippen LogP contribution is 2.37. The van der Waals surface area contributed by atoms with E-state index in [9.17, 15) is 13.2 Å². The third kappa shape index (κ3) is 3.22. The molecule has 1 heterocycles. The van der Waals surface area contributed by atoms with E-state index in [1.54, 1.807) is 25.1 Å². The van der Waals surface area contributed by atoms with Crippen LogP contribution in [-0.4, -0.2) is 20.0 Å². The molecule has 0 saturated carbocycles. The molecule has 0 aliphatic carbocycles. The van der Waals surface area contributed by atoms with Gasteiger partial charge in [0.25, 0.3) is 10.0 Å². The maximum absolute atomic E-state index is 12.3. The number of fused-ring (bicyclic) bond motifs is 1. The standard InChI is InChI=1S/C19H21N3O3S/c1-12-5-8-15(9-6-12)26(24,25)22-21-13(2)14-7-10-17-16(11-14)19(3,4)18(23)20-17/h5-11,22H,1-4H3,(H,20,23)/b21-13+. The van der Waals surface area contributed by atoms with Crippen molar-refractivity contribution < 1.29 is 13.2 Å². The number of rotatable bonds is 4. The van der Waals surface area contributed by atoms with Crippen molar-refractivity contribution >= 4 is 27.3 Å². The van der Waals surface area contributed by atoms with Gasteiger partial charge in [0, 0.05) is 5.69 Å². The van der Waals surface area contributed by atoms with Gasteiger partial charge < -0.3 is 5.32 Å². The van der Waals surface area contributed by atoms with Crippen molar-refractivity contribution in [3.8, 4) is 0 Å². The molecule has 26 heavy (non-hydrogen) atoms. The largest absolute Gasteiger partial charge is 0.325 e. The van der Waals surface area contributed by atoms with E-state index in [2.05, 4.69) is 15.2 Å². The van der Waals surface area contributed by atoms with E-state index >= 15 is 0 Å². The SMILES string of the molecule is C/C(=N\NS(=O)(=O)c1ccc(C)cc1)c1ccc2c(c1)C(C)(C)C(=O)N2. The molecule has 2 aromatic carbocycles. The Morgan fingerprint density at radius 3 is 2.42 bits per heavy atom. The number of hydrogen-bond acceptors (Lipinski definition) is 4. The summed E-state index contributed by atoms with van der Waals surface area (Å²) < 4.78 is 24.7. The molecule has 6 nitrogen and oxygen atoms in total. The first-order valence-corrected chi connectivity index (χ1v) is 9.69. The van der Waals surface area contributed by atoms with Gasteiger partial charge in [-0.25, -0.2) is 0 Å². The molecule has 0 bridgehead atoms. The summed E-state index contributed by atoms with van der Waals surface area (Å²) in [6.07, 6.45) is 0. The van der Waals surface area contributed by atoms with Crippen LogP contribution in [0.3, 0.4) is 0 Å². The molecular formula is C19H21N3O3S. The second kappa shape index (κ2) is 6.25. The minimum absolute atomic E-state index is 0.0562. The van der Waals surface area contributed by atoms with Gasteiger partial charge >= 0.3 is 0 Å². The maximum atomic E-state index is 12.3. The first kappa shape index (κ1) is 18.1. The number of aryl methyl sites for hydroxylation is 1. The van der Waals surface area contributed by atoms with Crippen molar-refractivity contribution in [1.29, 1.82) is 0 Å². The third-order valence-corrected chi connectivity index (χ3v) is 5.82. The molecule has 3 rings (SSSR count). The van der Waals surface area contributed by atoms with Crippen LogP contribution in [0.25, 0.3) is 0 Å². The van der Waals surface area contributed by atoms with E-state index < -0.39 is 15.4 Å². The monoisotopic (exact) mass is 371 g/mol. The summed E-state index contributed by atoms with van der Waals surface area (Å²) in [7, 11) is -3.73. The second-order valence-electron chi connectivity index (χ2n) is 6.94. The van der Waals surface area contributed by atoms with Crippen LogP contribution in [0.1, 0.15) is 37.5 Å². The number of sulfonamides is 1. The summed E-state index contributed by atoms with van der Waals surface area (Å²) in [5.41, 5.74) is 3.26. The van der Waals surface area contributed by atoms with E-state index in [1.807, 2.05) is 32.9 Å². The number of hydrazone groups is 1. The third-order valence-electron chi connectivity index (χ3n) is 4.59. The lowest BCUT2D eigenvalue weighted by Crippen LogP contribution is -2.27. The highest BCUT2D eigenvalue weighted by atomic mass is 32.2. The average Bonchev–Trinajstić information content (AvgIpc) is 2.82. The Balaban J connectivity index is 1.86. The Kier molecular flexibility index (Phi) is 4.36. The van der Waals surface area contributed by atoms with Crippen LogP contribution in [0.4, 0.5) is 5.69 Å². The Morgan fingerprint density at radius 1 is 1.12 bits per heavy atom. The number of anilines is 1. The predicted octanol–water partition coefficient (Wildman–Crippen LogP) is 2.93. The average molecular weight is 371 g/mol. The van der Waals surface area contributed by atoms with Gasteiger partial charge in [-0.3, -0.25) is 4.79 Å². The molecule has 2 aromatic rings. The van der Waals surface area contributed by atoms with Crippen molar-refractivity contribution in [3.05, 3.63) is 59.2 Å². The minimum atomic E-state index is -3.73. The zero-order valence-electron chi connectivity index (χ0n) is 15.1. The van der Waals surface area contributed by atoms with Crippen LogP contribution in [0.2, 0.25) is 0 Å². The lowest BCUT2D eigenvalue weighted by molar-refractivity contribution is -0.119. The lowest BCUT2D eigenvalue weighted by Gasteiger charge is -2.15. The molecular weight excluding hydrogens is 350 g/mol. The summed E-state index contributed by atoms with van der Waals surface area (Å²) >= 11 is 0. The van der Waals surface area contributed by atoms with Crippen molar-refractivity contribution in [2.24, 2.45) is 5.10 Å². The van der Waals surface area contributed by atoms with Crippen molar-refractivity contribution in [1.82, 2.24) is 4.83 Å². The van der Waals surface area contributed by atoms with E-state index in [0.29, 0.717) is 5.71 Å². The molecule has 0 aromatic heterocycles. The summed E-state index contributed by atoms with van der Waals surface area (Å²) in [4.78, 5) is 14.5. The van der Waals surface area contributed by atoms with Gasteiger partial charge in [-0.1, -0.05) is 23.8 Å². The van der Waals surface area contributed by atoms with Crippen LogP contribution >= 0.6 is 0 Å². The van der Waals surface area contributed by atoms with E-state index in [-0.39, 0.29) is 10.8 Å². The minimum Gasteiger partial charge on any atom is -0.325 e. The zero-order chi connectivity index (χ0) is 19.1. The number of carbonyl (C=O) groups is 1.